The fourth-order valence-electron chi connectivity index (χ4n) is 2.36. The lowest BCUT2D eigenvalue weighted by atomic mass is 10.1. The maximum atomic E-state index is 12.1. The number of benzene rings is 3. The number of anilines is 1. The lowest BCUT2D eigenvalue weighted by Gasteiger charge is -2.07. The highest BCUT2D eigenvalue weighted by molar-refractivity contribution is 8.00. The molecule has 0 spiro atoms. The average molecular weight is 338 g/mol. The topological polar surface area (TPSA) is 72.2 Å². The third kappa shape index (κ3) is 3.72. The van der Waals surface area contributed by atoms with E-state index in [4.69, 9.17) is 0 Å². The van der Waals surface area contributed by atoms with Crippen molar-refractivity contribution in [3.63, 3.8) is 0 Å². The number of rotatable bonds is 5. The van der Waals surface area contributed by atoms with Gasteiger partial charge in [-0.25, -0.2) is 0 Å². The summed E-state index contributed by atoms with van der Waals surface area (Å²) in [6, 6.07) is 19.9. The molecule has 5 nitrogen and oxygen atoms in total. The smallest absolute Gasteiger partial charge is 0.271 e. The fourth-order valence-corrected chi connectivity index (χ4v) is 3.23. The summed E-state index contributed by atoms with van der Waals surface area (Å²) < 4.78 is 0. The normalized spacial score (nSPS) is 10.5. The van der Waals surface area contributed by atoms with Crippen LogP contribution in [0.4, 0.5) is 11.4 Å². The molecule has 1 amide bonds. The Labute approximate surface area is 142 Å². The van der Waals surface area contributed by atoms with Gasteiger partial charge in [0, 0.05) is 22.7 Å². The highest BCUT2D eigenvalue weighted by atomic mass is 32.2. The number of hydrogen-bond donors (Lipinski definition) is 1. The van der Waals surface area contributed by atoms with Crippen molar-refractivity contribution in [1.29, 1.82) is 0 Å². The van der Waals surface area contributed by atoms with Gasteiger partial charge in [-0.2, -0.15) is 0 Å². The summed E-state index contributed by atoms with van der Waals surface area (Å²) in [6.07, 6.45) is 0. The van der Waals surface area contributed by atoms with E-state index in [9.17, 15) is 14.9 Å². The van der Waals surface area contributed by atoms with Crippen LogP contribution in [0, 0.1) is 10.1 Å². The number of fused-ring (bicyclic) bond motifs is 1. The van der Waals surface area contributed by atoms with Gasteiger partial charge in [0.25, 0.3) is 5.69 Å². The molecule has 0 heterocycles. The SMILES string of the molecule is O=C(CSc1cccc2ccccc12)Nc1cccc([N+](=O)[O-])c1. The van der Waals surface area contributed by atoms with Crippen LogP contribution in [0.25, 0.3) is 10.8 Å². The maximum Gasteiger partial charge on any atom is 0.271 e. The summed E-state index contributed by atoms with van der Waals surface area (Å²) in [5.41, 5.74) is 0.377. The molecular weight excluding hydrogens is 324 g/mol. The first kappa shape index (κ1) is 16.0. The van der Waals surface area contributed by atoms with Gasteiger partial charge in [-0.1, -0.05) is 42.5 Å². The van der Waals surface area contributed by atoms with Crippen molar-refractivity contribution in [3.8, 4) is 0 Å². The molecule has 0 bridgehead atoms. The first-order chi connectivity index (χ1) is 11.6. The second kappa shape index (κ2) is 7.14. The molecule has 0 unspecified atom stereocenters. The number of nitro groups is 1. The van der Waals surface area contributed by atoms with Gasteiger partial charge in [0.1, 0.15) is 0 Å². The Morgan fingerprint density at radius 1 is 1.04 bits per heavy atom. The summed E-state index contributed by atoms with van der Waals surface area (Å²) in [5, 5.41) is 15.7. The highest BCUT2D eigenvalue weighted by Gasteiger charge is 2.09. The van der Waals surface area contributed by atoms with Gasteiger partial charge in [-0.3, -0.25) is 14.9 Å². The van der Waals surface area contributed by atoms with E-state index in [0.29, 0.717) is 5.69 Å². The molecule has 3 rings (SSSR count). The molecule has 0 saturated heterocycles. The Morgan fingerprint density at radius 2 is 1.79 bits per heavy atom. The van der Waals surface area contributed by atoms with E-state index in [1.165, 1.54) is 23.9 Å². The monoisotopic (exact) mass is 338 g/mol. The summed E-state index contributed by atoms with van der Waals surface area (Å²) in [6.45, 7) is 0. The van der Waals surface area contributed by atoms with Crippen LogP contribution in [-0.4, -0.2) is 16.6 Å². The van der Waals surface area contributed by atoms with Crippen molar-refractivity contribution < 1.29 is 9.72 Å². The van der Waals surface area contributed by atoms with Crippen LogP contribution in [0.2, 0.25) is 0 Å². The third-order valence-electron chi connectivity index (χ3n) is 3.45. The minimum Gasteiger partial charge on any atom is -0.325 e. The second-order valence-electron chi connectivity index (χ2n) is 5.12. The molecule has 0 fully saturated rings. The summed E-state index contributed by atoms with van der Waals surface area (Å²) in [7, 11) is 0. The molecule has 3 aromatic rings. The Hall–Kier alpha value is -2.86. The van der Waals surface area contributed by atoms with Gasteiger partial charge in [0.15, 0.2) is 0 Å². The molecule has 120 valence electrons. The van der Waals surface area contributed by atoms with Gasteiger partial charge < -0.3 is 5.32 Å². The van der Waals surface area contributed by atoms with Gasteiger partial charge >= 0.3 is 0 Å². The first-order valence-corrected chi connectivity index (χ1v) is 8.27. The minimum absolute atomic E-state index is 0.0468. The van der Waals surface area contributed by atoms with E-state index < -0.39 is 4.92 Å². The molecule has 0 aliphatic carbocycles. The van der Waals surface area contributed by atoms with Crippen LogP contribution in [0.3, 0.4) is 0 Å². The number of hydrogen-bond acceptors (Lipinski definition) is 4. The van der Waals surface area contributed by atoms with E-state index >= 15 is 0 Å². The Balaban J connectivity index is 1.67. The predicted octanol–water partition coefficient (Wildman–Crippen LogP) is 4.48. The van der Waals surface area contributed by atoms with E-state index in [0.717, 1.165) is 15.7 Å². The van der Waals surface area contributed by atoms with E-state index in [1.807, 2.05) is 42.5 Å². The molecular formula is C18H14N2O3S. The van der Waals surface area contributed by atoms with Crippen LogP contribution in [0.5, 0.6) is 0 Å². The molecule has 0 aliphatic heterocycles. The zero-order valence-electron chi connectivity index (χ0n) is 12.6. The van der Waals surface area contributed by atoms with Crippen LogP contribution >= 0.6 is 11.8 Å². The van der Waals surface area contributed by atoms with Gasteiger partial charge in [-0.05, 0) is 22.9 Å². The highest BCUT2D eigenvalue weighted by Crippen LogP contribution is 2.28. The van der Waals surface area contributed by atoms with Gasteiger partial charge in [0.2, 0.25) is 5.91 Å². The van der Waals surface area contributed by atoms with Crippen molar-refractivity contribution in [2.75, 3.05) is 11.1 Å². The number of nitrogens with zero attached hydrogens (tertiary/aromatic N) is 1. The number of nitro benzene ring substituents is 1. The van der Waals surface area contributed by atoms with Crippen molar-refractivity contribution in [3.05, 3.63) is 76.8 Å². The lowest BCUT2D eigenvalue weighted by molar-refractivity contribution is -0.384. The molecule has 1 N–H and O–H groups in total. The molecule has 0 atom stereocenters. The predicted molar refractivity (Wildman–Crippen MR) is 96.4 cm³/mol. The Bertz CT molecular complexity index is 906. The standard InChI is InChI=1S/C18H14N2O3S/c21-18(19-14-7-4-8-15(11-14)20(22)23)12-24-17-10-3-6-13-5-1-2-9-16(13)17/h1-11H,12H2,(H,19,21). The fraction of sp³-hybridized carbons (Fsp3) is 0.0556. The van der Waals surface area contributed by atoms with Crippen molar-refractivity contribution >= 4 is 39.8 Å². The molecule has 0 radical (unpaired) electrons. The third-order valence-corrected chi connectivity index (χ3v) is 4.52. The van der Waals surface area contributed by atoms with Gasteiger partial charge in [0.05, 0.1) is 10.7 Å². The van der Waals surface area contributed by atoms with Crippen molar-refractivity contribution in [2.24, 2.45) is 0 Å². The summed E-state index contributed by atoms with van der Waals surface area (Å²) in [4.78, 5) is 23.4. The van der Waals surface area contributed by atoms with E-state index in [2.05, 4.69) is 5.32 Å². The molecule has 0 aliphatic rings. The molecule has 24 heavy (non-hydrogen) atoms. The second-order valence-corrected chi connectivity index (χ2v) is 6.14. The number of amides is 1. The summed E-state index contributed by atoms with van der Waals surface area (Å²) >= 11 is 1.44. The number of non-ortho nitro benzene ring substituents is 1. The number of thioether (sulfide) groups is 1. The van der Waals surface area contributed by atoms with E-state index in [-0.39, 0.29) is 17.3 Å². The van der Waals surface area contributed by atoms with Gasteiger partial charge in [-0.15, -0.1) is 11.8 Å². The Morgan fingerprint density at radius 3 is 2.62 bits per heavy atom. The quantitative estimate of drug-likeness (QED) is 0.423. The van der Waals surface area contributed by atoms with E-state index in [1.54, 1.807) is 12.1 Å². The number of carbonyl (C=O) groups is 1. The Kier molecular flexibility index (Phi) is 4.77. The average Bonchev–Trinajstić information content (AvgIpc) is 2.60. The van der Waals surface area contributed by atoms with Crippen molar-refractivity contribution in [2.45, 2.75) is 4.90 Å². The van der Waals surface area contributed by atoms with Crippen LogP contribution in [0.15, 0.2) is 71.6 Å². The van der Waals surface area contributed by atoms with Crippen LogP contribution < -0.4 is 5.32 Å². The largest absolute Gasteiger partial charge is 0.325 e. The molecule has 6 heteroatoms. The molecule has 0 saturated carbocycles. The minimum atomic E-state index is -0.486. The number of nitrogens with one attached hydrogen (secondary N) is 1. The first-order valence-electron chi connectivity index (χ1n) is 7.28. The molecule has 3 aromatic carbocycles. The van der Waals surface area contributed by atoms with Crippen LogP contribution in [0.1, 0.15) is 0 Å². The molecule has 0 aromatic heterocycles. The van der Waals surface area contributed by atoms with Crippen LogP contribution in [-0.2, 0) is 4.79 Å². The summed E-state index contributed by atoms with van der Waals surface area (Å²) in [5.74, 6) is 0.0323. The zero-order chi connectivity index (χ0) is 16.9. The lowest BCUT2D eigenvalue weighted by Crippen LogP contribution is -2.14. The van der Waals surface area contributed by atoms with Crippen molar-refractivity contribution in [1.82, 2.24) is 0 Å². The maximum absolute atomic E-state index is 12.1. The number of carbonyl (C=O) groups excluding carboxylic acids is 1. The zero-order valence-corrected chi connectivity index (χ0v) is 13.5.